The highest BCUT2D eigenvalue weighted by Gasteiger charge is 2.31. The van der Waals surface area contributed by atoms with E-state index in [-0.39, 0.29) is 31.8 Å². The summed E-state index contributed by atoms with van der Waals surface area (Å²) in [5.74, 6) is -6.70. The number of aliphatic imine (C=N–C) groups is 1. The maximum atomic E-state index is 13.4. The summed E-state index contributed by atoms with van der Waals surface area (Å²) >= 11 is 0. The van der Waals surface area contributed by atoms with E-state index >= 15 is 0 Å². The molecule has 3 amide bonds. The number of carbonyl (C=O) groups excluding carboxylic acids is 3. The summed E-state index contributed by atoms with van der Waals surface area (Å²) < 4.78 is 0. The minimum Gasteiger partial charge on any atom is -0.481 e. The van der Waals surface area contributed by atoms with Gasteiger partial charge in [0.15, 0.2) is 5.96 Å². The number of aromatic amines is 1. The van der Waals surface area contributed by atoms with Crippen LogP contribution < -0.4 is 33.2 Å². The van der Waals surface area contributed by atoms with Gasteiger partial charge in [-0.2, -0.15) is 0 Å². The van der Waals surface area contributed by atoms with Crippen LogP contribution in [0.1, 0.15) is 44.1 Å². The predicted molar refractivity (Wildman–Crippen MR) is 157 cm³/mol. The van der Waals surface area contributed by atoms with Crippen LogP contribution in [-0.4, -0.2) is 92.6 Å². The largest absolute Gasteiger partial charge is 0.481 e. The Morgan fingerprint density at radius 1 is 0.795 bits per heavy atom. The summed E-state index contributed by atoms with van der Waals surface area (Å²) in [6.45, 7) is 0.209. The first-order valence-electron chi connectivity index (χ1n) is 13.7. The van der Waals surface area contributed by atoms with Crippen molar-refractivity contribution in [3.8, 4) is 0 Å². The number of guanidine groups is 1. The van der Waals surface area contributed by atoms with Crippen molar-refractivity contribution in [2.75, 3.05) is 6.54 Å². The Morgan fingerprint density at radius 3 is 1.98 bits per heavy atom. The fourth-order valence-electron chi connectivity index (χ4n) is 4.27. The number of amides is 3. The third-order valence-corrected chi connectivity index (χ3v) is 6.58. The summed E-state index contributed by atoms with van der Waals surface area (Å²) in [5.41, 5.74) is 17.8. The highest BCUT2D eigenvalue weighted by atomic mass is 16.4. The molecule has 17 nitrogen and oxygen atoms in total. The number of rotatable bonds is 19. The van der Waals surface area contributed by atoms with Crippen LogP contribution in [0.5, 0.6) is 0 Å². The van der Waals surface area contributed by atoms with Crippen LogP contribution in [0.3, 0.4) is 0 Å². The second-order valence-electron chi connectivity index (χ2n) is 10.0. The Bertz CT molecular complexity index is 1370. The van der Waals surface area contributed by atoms with Gasteiger partial charge in [0.25, 0.3) is 0 Å². The number of aliphatic carboxylic acids is 3. The molecule has 0 saturated carbocycles. The van der Waals surface area contributed by atoms with Gasteiger partial charge in [0, 0.05) is 42.9 Å². The molecule has 0 spiro atoms. The number of nitrogens with two attached hydrogens (primary N) is 3. The molecule has 2 rings (SSSR count). The van der Waals surface area contributed by atoms with Gasteiger partial charge in [-0.1, -0.05) is 18.2 Å². The minimum absolute atomic E-state index is 0.128. The van der Waals surface area contributed by atoms with Crippen molar-refractivity contribution in [3.63, 3.8) is 0 Å². The smallest absolute Gasteiger partial charge is 0.326 e. The fourth-order valence-corrected chi connectivity index (χ4v) is 4.27. The molecule has 0 fully saturated rings. The zero-order valence-electron chi connectivity index (χ0n) is 23.8. The van der Waals surface area contributed by atoms with E-state index in [1.807, 2.05) is 0 Å². The topological polar surface area (TPSA) is 305 Å². The number of carboxylic acid groups (broad SMARTS) is 3. The normalized spacial score (nSPS) is 13.6. The molecule has 44 heavy (non-hydrogen) atoms. The van der Waals surface area contributed by atoms with Crippen LogP contribution in [0.25, 0.3) is 10.9 Å². The van der Waals surface area contributed by atoms with E-state index < -0.39 is 79.1 Å². The van der Waals surface area contributed by atoms with Crippen LogP contribution in [-0.2, 0) is 35.2 Å². The molecule has 1 aromatic heterocycles. The van der Waals surface area contributed by atoms with Gasteiger partial charge in [0.05, 0.1) is 6.04 Å². The minimum atomic E-state index is -1.57. The van der Waals surface area contributed by atoms with Gasteiger partial charge >= 0.3 is 17.9 Å². The number of fused-ring (bicyclic) bond motifs is 1. The number of carboxylic acids is 3. The molecule has 13 N–H and O–H groups in total. The molecule has 0 saturated heterocycles. The fraction of sp³-hybridized carbons (Fsp3) is 0.444. The number of hydrogen-bond acceptors (Lipinski definition) is 8. The highest BCUT2D eigenvalue weighted by molar-refractivity contribution is 5.95. The molecule has 1 aromatic carbocycles. The number of nitrogens with zero attached hydrogens (tertiary/aromatic N) is 1. The second-order valence-corrected chi connectivity index (χ2v) is 10.0. The molecule has 4 atom stereocenters. The molecule has 1 heterocycles. The zero-order valence-corrected chi connectivity index (χ0v) is 23.8. The third-order valence-electron chi connectivity index (χ3n) is 6.58. The van der Waals surface area contributed by atoms with E-state index in [0.29, 0.717) is 12.0 Å². The maximum Gasteiger partial charge on any atom is 0.326 e. The molecule has 0 radical (unpaired) electrons. The Balaban J connectivity index is 2.28. The Labute approximate surface area is 251 Å². The van der Waals surface area contributed by atoms with Gasteiger partial charge < -0.3 is 53.5 Å². The summed E-state index contributed by atoms with van der Waals surface area (Å²) in [5, 5.41) is 35.6. The summed E-state index contributed by atoms with van der Waals surface area (Å²) in [6.07, 6.45) is 0.179. The van der Waals surface area contributed by atoms with Crippen molar-refractivity contribution in [3.05, 3.63) is 36.0 Å². The molecule has 0 bridgehead atoms. The van der Waals surface area contributed by atoms with Crippen molar-refractivity contribution in [2.45, 2.75) is 69.1 Å². The Morgan fingerprint density at radius 2 is 1.36 bits per heavy atom. The number of H-pyrrole nitrogens is 1. The van der Waals surface area contributed by atoms with Crippen molar-refractivity contribution in [1.29, 1.82) is 0 Å². The summed E-state index contributed by atoms with van der Waals surface area (Å²) in [4.78, 5) is 80.3. The van der Waals surface area contributed by atoms with E-state index in [9.17, 15) is 39.0 Å². The average Bonchev–Trinajstić information content (AvgIpc) is 3.36. The molecule has 2 aromatic rings. The lowest BCUT2D eigenvalue weighted by molar-refractivity contribution is -0.143. The van der Waals surface area contributed by atoms with Gasteiger partial charge in [-0.05, 0) is 37.3 Å². The molecule has 0 aliphatic rings. The standard InChI is InChI=1S/C27H38N8O9/c28-16(5-3-11-31-27(29)30)23(40)33-18(7-9-21(36)37)24(41)35-20(12-14-13-32-17-6-2-1-4-15(14)17)25(42)34-19(26(43)44)8-10-22(38)39/h1-2,4,6,13,16,18-20,32H,3,5,7-12,28H2,(H,33,40)(H,34,42)(H,35,41)(H,36,37)(H,38,39)(H,43,44)(H4,29,30,31). The highest BCUT2D eigenvalue weighted by Crippen LogP contribution is 2.19. The molecule has 17 heteroatoms. The molecule has 4 unspecified atom stereocenters. The molecule has 240 valence electrons. The number of aromatic nitrogens is 1. The quantitative estimate of drug-likeness (QED) is 0.0481. The lowest BCUT2D eigenvalue weighted by atomic mass is 10.0. The maximum absolute atomic E-state index is 13.4. The SMILES string of the molecule is NC(N)=NCCCC(N)C(=O)NC(CCC(=O)O)C(=O)NC(Cc1c[nH]c2ccccc12)C(=O)NC(CCC(=O)O)C(=O)O. The number of carbonyl (C=O) groups is 6. The summed E-state index contributed by atoms with van der Waals surface area (Å²) in [7, 11) is 0. The molecule has 0 aliphatic heterocycles. The Kier molecular flexibility index (Phi) is 13.6. The molecule has 0 aliphatic carbocycles. The number of nitrogens with one attached hydrogen (secondary N) is 4. The van der Waals surface area contributed by atoms with Crippen molar-refractivity contribution in [2.24, 2.45) is 22.2 Å². The van der Waals surface area contributed by atoms with Crippen LogP contribution >= 0.6 is 0 Å². The zero-order chi connectivity index (χ0) is 32.8. The van der Waals surface area contributed by atoms with E-state index in [1.165, 1.54) is 0 Å². The summed E-state index contributed by atoms with van der Waals surface area (Å²) in [6, 6.07) is 1.65. The monoisotopic (exact) mass is 618 g/mol. The van der Waals surface area contributed by atoms with Crippen LogP contribution in [0.4, 0.5) is 0 Å². The van der Waals surface area contributed by atoms with E-state index in [0.717, 1.165) is 10.9 Å². The molecular formula is C27H38N8O9. The second kappa shape index (κ2) is 17.1. The Hall–Kier alpha value is -5.19. The first-order chi connectivity index (χ1) is 20.8. The predicted octanol–water partition coefficient (Wildman–Crippen LogP) is -1.64. The lowest BCUT2D eigenvalue weighted by Gasteiger charge is -2.25. The van der Waals surface area contributed by atoms with Gasteiger partial charge in [-0.15, -0.1) is 0 Å². The number of para-hydroxylation sites is 1. The van der Waals surface area contributed by atoms with Crippen LogP contribution in [0.2, 0.25) is 0 Å². The van der Waals surface area contributed by atoms with Gasteiger partial charge in [0.2, 0.25) is 17.7 Å². The number of benzene rings is 1. The van der Waals surface area contributed by atoms with Crippen molar-refractivity contribution >= 4 is 52.5 Å². The lowest BCUT2D eigenvalue weighted by Crippen LogP contribution is -2.57. The van der Waals surface area contributed by atoms with E-state index in [1.54, 1.807) is 30.5 Å². The number of hydrogen-bond donors (Lipinski definition) is 10. The van der Waals surface area contributed by atoms with Crippen molar-refractivity contribution < 1.29 is 44.1 Å². The van der Waals surface area contributed by atoms with Gasteiger partial charge in [-0.3, -0.25) is 29.0 Å². The van der Waals surface area contributed by atoms with Crippen LogP contribution in [0.15, 0.2) is 35.5 Å². The molecular weight excluding hydrogens is 580 g/mol. The first-order valence-corrected chi connectivity index (χ1v) is 13.7. The van der Waals surface area contributed by atoms with Gasteiger partial charge in [0.1, 0.15) is 18.1 Å². The van der Waals surface area contributed by atoms with Crippen LogP contribution in [0, 0.1) is 0 Å². The van der Waals surface area contributed by atoms with E-state index in [2.05, 4.69) is 25.9 Å². The van der Waals surface area contributed by atoms with Crippen molar-refractivity contribution in [1.82, 2.24) is 20.9 Å². The van der Waals surface area contributed by atoms with Gasteiger partial charge in [-0.25, -0.2) is 4.79 Å². The first kappa shape index (κ1) is 35.0. The third kappa shape index (κ3) is 11.6. The average molecular weight is 619 g/mol. The van der Waals surface area contributed by atoms with E-state index in [4.69, 9.17) is 22.3 Å².